The highest BCUT2D eigenvalue weighted by atomic mass is 16.5. The van der Waals surface area contributed by atoms with Gasteiger partial charge in [0.15, 0.2) is 5.78 Å². The highest BCUT2D eigenvalue weighted by Crippen LogP contribution is 2.33. The third kappa shape index (κ3) is 6.03. The summed E-state index contributed by atoms with van der Waals surface area (Å²) in [5.74, 6) is 1.71. The Kier molecular flexibility index (Phi) is 8.42. The van der Waals surface area contributed by atoms with Crippen LogP contribution in [-0.4, -0.2) is 50.4 Å². The first-order valence-electron chi connectivity index (χ1n) is 12.2. The number of carbonyl (C=O) groups excluding carboxylic acids is 2. The van der Waals surface area contributed by atoms with Crippen molar-refractivity contribution in [2.24, 2.45) is 5.92 Å². The minimum absolute atomic E-state index is 0.0291. The maximum atomic E-state index is 13.5. The fourth-order valence-corrected chi connectivity index (χ4v) is 4.53. The molecule has 0 unspecified atom stereocenters. The fourth-order valence-electron chi connectivity index (χ4n) is 4.53. The summed E-state index contributed by atoms with van der Waals surface area (Å²) >= 11 is 0. The van der Waals surface area contributed by atoms with E-state index in [4.69, 9.17) is 18.9 Å². The fraction of sp³-hybridized carbons (Fsp3) is 0.429. The maximum Gasteiger partial charge on any atom is 0.305 e. The van der Waals surface area contributed by atoms with E-state index in [1.807, 2.05) is 24.4 Å². The van der Waals surface area contributed by atoms with Crippen LogP contribution in [0.15, 0.2) is 48.7 Å². The lowest BCUT2D eigenvalue weighted by atomic mass is 10.0. The molecule has 0 bridgehead atoms. The highest BCUT2D eigenvalue weighted by molar-refractivity contribution is 6.17. The van der Waals surface area contributed by atoms with Crippen molar-refractivity contribution in [2.45, 2.75) is 38.6 Å². The van der Waals surface area contributed by atoms with Crippen LogP contribution >= 0.6 is 0 Å². The second-order valence-corrected chi connectivity index (χ2v) is 8.84. The van der Waals surface area contributed by atoms with Crippen LogP contribution in [-0.2, 0) is 20.8 Å². The average molecular weight is 480 g/mol. The van der Waals surface area contributed by atoms with E-state index in [-0.39, 0.29) is 11.8 Å². The molecule has 0 atom stereocenters. The molecule has 7 heteroatoms. The van der Waals surface area contributed by atoms with E-state index in [0.29, 0.717) is 42.2 Å². The zero-order valence-electron chi connectivity index (χ0n) is 20.5. The molecular weight excluding hydrogens is 446 g/mol. The number of aromatic nitrogens is 1. The summed E-state index contributed by atoms with van der Waals surface area (Å²) in [6.07, 6.45) is 5.79. The molecule has 0 radical (unpaired) electrons. The van der Waals surface area contributed by atoms with Crippen molar-refractivity contribution in [1.82, 2.24) is 4.57 Å². The van der Waals surface area contributed by atoms with E-state index in [2.05, 4.69) is 4.57 Å². The third-order valence-electron chi connectivity index (χ3n) is 6.51. The summed E-state index contributed by atoms with van der Waals surface area (Å²) in [5.41, 5.74) is 2.21. The molecule has 2 aromatic carbocycles. The molecule has 0 spiro atoms. The molecule has 35 heavy (non-hydrogen) atoms. The number of hydrogen-bond donors (Lipinski definition) is 0. The number of para-hydroxylation sites is 1. The van der Waals surface area contributed by atoms with Gasteiger partial charge in [-0.25, -0.2) is 0 Å². The Morgan fingerprint density at radius 3 is 2.51 bits per heavy atom. The summed E-state index contributed by atoms with van der Waals surface area (Å²) in [7, 11) is 3.01. The number of ketones is 1. The van der Waals surface area contributed by atoms with Crippen LogP contribution in [0.4, 0.5) is 0 Å². The monoisotopic (exact) mass is 479 g/mol. The van der Waals surface area contributed by atoms with Crippen LogP contribution in [0, 0.1) is 5.92 Å². The number of nitrogens with zero attached hydrogens (tertiary/aromatic N) is 1. The van der Waals surface area contributed by atoms with E-state index in [1.54, 1.807) is 31.4 Å². The smallest absolute Gasteiger partial charge is 0.305 e. The van der Waals surface area contributed by atoms with Crippen molar-refractivity contribution < 1.29 is 28.5 Å². The molecular formula is C28H33NO6. The number of rotatable bonds is 11. The van der Waals surface area contributed by atoms with E-state index in [1.165, 1.54) is 7.11 Å². The SMILES string of the molecule is COC(=O)CCCCOc1cccc2c(C(=O)c3ccc(OC)cc3)cn(CC3CCOCC3)c12. The van der Waals surface area contributed by atoms with E-state index in [0.717, 1.165) is 55.7 Å². The number of benzene rings is 2. The van der Waals surface area contributed by atoms with Gasteiger partial charge in [-0.1, -0.05) is 12.1 Å². The van der Waals surface area contributed by atoms with Gasteiger partial charge in [0.1, 0.15) is 11.5 Å². The summed E-state index contributed by atoms with van der Waals surface area (Å²) in [6, 6.07) is 13.1. The van der Waals surface area contributed by atoms with Gasteiger partial charge >= 0.3 is 5.97 Å². The van der Waals surface area contributed by atoms with Gasteiger partial charge in [-0.2, -0.15) is 0 Å². The Labute approximate surface area is 205 Å². The Morgan fingerprint density at radius 1 is 1.03 bits per heavy atom. The van der Waals surface area contributed by atoms with Gasteiger partial charge in [-0.3, -0.25) is 9.59 Å². The van der Waals surface area contributed by atoms with Gasteiger partial charge < -0.3 is 23.5 Å². The number of esters is 1. The van der Waals surface area contributed by atoms with Crippen molar-refractivity contribution in [3.05, 3.63) is 59.8 Å². The van der Waals surface area contributed by atoms with E-state index in [9.17, 15) is 9.59 Å². The van der Waals surface area contributed by atoms with Gasteiger partial charge in [0.05, 0.1) is 26.3 Å². The van der Waals surface area contributed by atoms with Gasteiger partial charge in [0.25, 0.3) is 0 Å². The number of carbonyl (C=O) groups is 2. The molecule has 4 rings (SSSR count). The number of fused-ring (bicyclic) bond motifs is 1. The third-order valence-corrected chi connectivity index (χ3v) is 6.51. The van der Waals surface area contributed by atoms with E-state index < -0.39 is 0 Å². The number of ether oxygens (including phenoxy) is 4. The van der Waals surface area contributed by atoms with Crippen LogP contribution in [0.2, 0.25) is 0 Å². The number of hydrogen-bond acceptors (Lipinski definition) is 6. The zero-order chi connectivity index (χ0) is 24.6. The standard InChI is InChI=1S/C28H33NO6/c1-32-22-11-9-21(10-12-22)28(31)24-19-29(18-20-13-16-34-17-14-20)27-23(24)6-5-7-25(27)35-15-4-3-8-26(30)33-2/h5-7,9-12,19-20H,3-4,8,13-18H2,1-2H3. The van der Waals surface area contributed by atoms with Crippen LogP contribution in [0.25, 0.3) is 10.9 Å². The Hall–Kier alpha value is -3.32. The first kappa shape index (κ1) is 24.8. The summed E-state index contributed by atoms with van der Waals surface area (Å²) < 4.78 is 23.8. The molecule has 186 valence electrons. The highest BCUT2D eigenvalue weighted by Gasteiger charge is 2.22. The predicted octanol–water partition coefficient (Wildman–Crippen LogP) is 5.03. The van der Waals surface area contributed by atoms with Crippen molar-refractivity contribution in [3.8, 4) is 11.5 Å². The van der Waals surface area contributed by atoms with Crippen LogP contribution in [0.5, 0.6) is 11.5 Å². The van der Waals surface area contributed by atoms with Crippen LogP contribution < -0.4 is 9.47 Å². The van der Waals surface area contributed by atoms with Crippen molar-refractivity contribution in [1.29, 1.82) is 0 Å². The number of methoxy groups -OCH3 is 2. The normalized spacial score (nSPS) is 14.1. The van der Waals surface area contributed by atoms with Crippen molar-refractivity contribution in [2.75, 3.05) is 34.0 Å². The number of unbranched alkanes of at least 4 members (excludes halogenated alkanes) is 1. The van der Waals surface area contributed by atoms with Gasteiger partial charge in [-0.05, 0) is 61.9 Å². The average Bonchev–Trinajstić information content (AvgIpc) is 3.27. The maximum absolute atomic E-state index is 13.5. The lowest BCUT2D eigenvalue weighted by molar-refractivity contribution is -0.140. The minimum Gasteiger partial charge on any atom is -0.497 e. The van der Waals surface area contributed by atoms with Crippen molar-refractivity contribution in [3.63, 3.8) is 0 Å². The molecule has 7 nitrogen and oxygen atoms in total. The molecule has 1 aromatic heterocycles. The van der Waals surface area contributed by atoms with E-state index >= 15 is 0 Å². The summed E-state index contributed by atoms with van der Waals surface area (Å²) in [4.78, 5) is 24.9. The molecule has 3 aromatic rings. The van der Waals surface area contributed by atoms with Crippen molar-refractivity contribution >= 4 is 22.7 Å². The molecule has 1 aliphatic heterocycles. The minimum atomic E-state index is -0.209. The largest absolute Gasteiger partial charge is 0.497 e. The van der Waals surface area contributed by atoms with Gasteiger partial charge in [0.2, 0.25) is 0 Å². The molecule has 0 saturated carbocycles. The molecule has 0 amide bonds. The first-order valence-corrected chi connectivity index (χ1v) is 12.2. The lowest BCUT2D eigenvalue weighted by Gasteiger charge is -2.23. The zero-order valence-corrected chi connectivity index (χ0v) is 20.5. The van der Waals surface area contributed by atoms with Gasteiger partial charge in [-0.15, -0.1) is 0 Å². The Balaban J connectivity index is 1.62. The Morgan fingerprint density at radius 2 is 1.80 bits per heavy atom. The molecule has 0 N–H and O–H groups in total. The van der Waals surface area contributed by atoms with Crippen LogP contribution in [0.1, 0.15) is 48.0 Å². The lowest BCUT2D eigenvalue weighted by Crippen LogP contribution is -2.20. The second-order valence-electron chi connectivity index (χ2n) is 8.84. The topological polar surface area (TPSA) is 76.0 Å². The second kappa shape index (κ2) is 11.9. The molecule has 0 aliphatic carbocycles. The summed E-state index contributed by atoms with van der Waals surface area (Å²) in [5, 5.41) is 0.880. The molecule has 1 aliphatic rings. The molecule has 1 saturated heterocycles. The first-order chi connectivity index (χ1) is 17.1. The van der Waals surface area contributed by atoms with Gasteiger partial charge in [0, 0.05) is 48.9 Å². The quantitative estimate of drug-likeness (QED) is 0.218. The Bertz CT molecular complexity index is 1140. The summed E-state index contributed by atoms with van der Waals surface area (Å²) in [6.45, 7) is 2.83. The molecule has 2 heterocycles. The van der Waals surface area contributed by atoms with Crippen LogP contribution in [0.3, 0.4) is 0 Å². The predicted molar refractivity (Wildman–Crippen MR) is 133 cm³/mol. The molecule has 1 fully saturated rings.